The third kappa shape index (κ3) is 2.26. The molecule has 0 aliphatic rings. The van der Waals surface area contributed by atoms with Crippen molar-refractivity contribution < 1.29 is 13.2 Å². The van der Waals surface area contributed by atoms with Crippen molar-refractivity contribution in [1.29, 1.82) is 0 Å². The molecule has 2 rings (SSSR count). The van der Waals surface area contributed by atoms with E-state index in [2.05, 4.69) is 4.98 Å². The van der Waals surface area contributed by atoms with Crippen LogP contribution in [0.25, 0.3) is 0 Å². The first-order valence-corrected chi connectivity index (χ1v) is 6.00. The first kappa shape index (κ1) is 11.6. The molecule has 0 radical (unpaired) electrons. The SMILES string of the molecule is NC(c1cccs1)c1cnc(C(F)(F)F)s1. The van der Waals surface area contributed by atoms with Crippen molar-refractivity contribution in [3.05, 3.63) is 38.5 Å². The fourth-order valence-corrected chi connectivity index (χ4v) is 2.79. The molecule has 0 spiro atoms. The molecule has 7 heteroatoms. The van der Waals surface area contributed by atoms with Crippen molar-refractivity contribution in [1.82, 2.24) is 4.98 Å². The summed E-state index contributed by atoms with van der Waals surface area (Å²) in [7, 11) is 0. The van der Waals surface area contributed by atoms with E-state index < -0.39 is 17.2 Å². The number of nitrogens with two attached hydrogens (primary N) is 1. The monoisotopic (exact) mass is 264 g/mol. The standard InChI is InChI=1S/C9H7F3N2S2/c10-9(11,12)8-14-4-6(16-8)7(13)5-2-1-3-15-5/h1-4,7H,13H2. The minimum Gasteiger partial charge on any atom is -0.319 e. The molecule has 0 saturated heterocycles. The van der Waals surface area contributed by atoms with Crippen LogP contribution in [0.2, 0.25) is 0 Å². The number of thiophene rings is 1. The highest BCUT2D eigenvalue weighted by Gasteiger charge is 2.35. The van der Waals surface area contributed by atoms with Crippen LogP contribution < -0.4 is 5.73 Å². The smallest absolute Gasteiger partial charge is 0.319 e. The zero-order valence-electron chi connectivity index (χ0n) is 7.86. The second-order valence-electron chi connectivity index (χ2n) is 3.06. The molecule has 0 fully saturated rings. The van der Waals surface area contributed by atoms with E-state index in [1.807, 2.05) is 11.4 Å². The highest BCUT2D eigenvalue weighted by molar-refractivity contribution is 7.12. The van der Waals surface area contributed by atoms with Gasteiger partial charge in [-0.3, -0.25) is 0 Å². The second-order valence-corrected chi connectivity index (χ2v) is 5.10. The molecule has 0 aliphatic heterocycles. The number of hydrogen-bond donors (Lipinski definition) is 1. The van der Waals surface area contributed by atoms with E-state index in [0.29, 0.717) is 16.2 Å². The van der Waals surface area contributed by atoms with E-state index >= 15 is 0 Å². The summed E-state index contributed by atoms with van der Waals surface area (Å²) in [5.74, 6) is 0. The number of nitrogens with zero attached hydrogens (tertiary/aromatic N) is 1. The third-order valence-electron chi connectivity index (χ3n) is 1.92. The zero-order valence-corrected chi connectivity index (χ0v) is 9.49. The van der Waals surface area contributed by atoms with Gasteiger partial charge < -0.3 is 5.73 Å². The van der Waals surface area contributed by atoms with Crippen molar-refractivity contribution in [3.63, 3.8) is 0 Å². The van der Waals surface area contributed by atoms with E-state index in [1.54, 1.807) is 6.07 Å². The largest absolute Gasteiger partial charge is 0.443 e. The molecule has 0 amide bonds. The van der Waals surface area contributed by atoms with Gasteiger partial charge in [-0.25, -0.2) is 4.98 Å². The number of aromatic nitrogens is 1. The molecule has 86 valence electrons. The van der Waals surface area contributed by atoms with Crippen LogP contribution in [0.5, 0.6) is 0 Å². The Hall–Kier alpha value is -0.920. The predicted molar refractivity (Wildman–Crippen MR) is 57.5 cm³/mol. The van der Waals surface area contributed by atoms with Gasteiger partial charge in [0.2, 0.25) is 0 Å². The first-order valence-electron chi connectivity index (χ1n) is 4.30. The van der Waals surface area contributed by atoms with Crippen molar-refractivity contribution in [2.24, 2.45) is 5.73 Å². The summed E-state index contributed by atoms with van der Waals surface area (Å²) >= 11 is 2.01. The number of alkyl halides is 3. The van der Waals surface area contributed by atoms with Gasteiger partial charge in [-0.15, -0.1) is 22.7 Å². The van der Waals surface area contributed by atoms with Crippen LogP contribution in [0.15, 0.2) is 23.7 Å². The minimum absolute atomic E-state index is 0.426. The molecule has 0 aliphatic carbocycles. The maximum absolute atomic E-state index is 12.3. The average molecular weight is 264 g/mol. The van der Waals surface area contributed by atoms with Crippen LogP contribution in [0.3, 0.4) is 0 Å². The van der Waals surface area contributed by atoms with E-state index in [4.69, 9.17) is 5.73 Å². The van der Waals surface area contributed by atoms with Gasteiger partial charge in [-0.2, -0.15) is 13.2 Å². The molecule has 1 atom stereocenters. The molecule has 0 bridgehead atoms. The topological polar surface area (TPSA) is 38.9 Å². The summed E-state index contributed by atoms with van der Waals surface area (Å²) in [5, 5.41) is 0.982. The van der Waals surface area contributed by atoms with Crippen LogP contribution >= 0.6 is 22.7 Å². The predicted octanol–water partition coefficient (Wildman–Crippen LogP) is 3.27. The summed E-state index contributed by atoms with van der Waals surface area (Å²) in [4.78, 5) is 4.59. The van der Waals surface area contributed by atoms with Crippen LogP contribution in [0.4, 0.5) is 13.2 Å². The van der Waals surface area contributed by atoms with Gasteiger partial charge in [-0.05, 0) is 11.4 Å². The Kier molecular flexibility index (Phi) is 3.00. The van der Waals surface area contributed by atoms with E-state index in [0.717, 1.165) is 4.88 Å². The molecule has 0 aromatic carbocycles. The molecule has 2 aromatic heterocycles. The maximum Gasteiger partial charge on any atom is 0.443 e. The lowest BCUT2D eigenvalue weighted by atomic mass is 10.2. The Morgan fingerprint density at radius 2 is 2.06 bits per heavy atom. The fourth-order valence-electron chi connectivity index (χ4n) is 1.17. The minimum atomic E-state index is -4.39. The van der Waals surface area contributed by atoms with Crippen LogP contribution in [-0.4, -0.2) is 4.98 Å². The number of hydrogen-bond acceptors (Lipinski definition) is 4. The fraction of sp³-hybridized carbons (Fsp3) is 0.222. The lowest BCUT2D eigenvalue weighted by Crippen LogP contribution is -2.08. The summed E-state index contributed by atoms with van der Waals surface area (Å²) in [5.41, 5.74) is 5.83. The lowest BCUT2D eigenvalue weighted by molar-refractivity contribution is -0.137. The third-order valence-corrected chi connectivity index (χ3v) is 4.00. The zero-order chi connectivity index (χ0) is 11.8. The van der Waals surface area contributed by atoms with Crippen molar-refractivity contribution in [2.75, 3.05) is 0 Å². The van der Waals surface area contributed by atoms with Gasteiger partial charge in [0, 0.05) is 16.0 Å². The Bertz CT molecular complexity index is 461. The molecule has 2 N–H and O–H groups in total. The number of rotatable bonds is 2. The molecular weight excluding hydrogens is 257 g/mol. The summed E-state index contributed by atoms with van der Waals surface area (Å²) in [6, 6.07) is 3.09. The Balaban J connectivity index is 2.26. The van der Waals surface area contributed by atoms with Gasteiger partial charge in [0.15, 0.2) is 5.01 Å². The van der Waals surface area contributed by atoms with Crippen LogP contribution in [0, 0.1) is 0 Å². The van der Waals surface area contributed by atoms with Crippen molar-refractivity contribution in [3.8, 4) is 0 Å². The van der Waals surface area contributed by atoms with Gasteiger partial charge in [-0.1, -0.05) is 6.07 Å². The highest BCUT2D eigenvalue weighted by atomic mass is 32.1. The van der Waals surface area contributed by atoms with Gasteiger partial charge in [0.1, 0.15) is 0 Å². The second kappa shape index (κ2) is 4.15. The van der Waals surface area contributed by atoms with Crippen LogP contribution in [0.1, 0.15) is 20.8 Å². The average Bonchev–Trinajstić information content (AvgIpc) is 2.87. The molecule has 2 heterocycles. The Morgan fingerprint density at radius 3 is 2.56 bits per heavy atom. The van der Waals surface area contributed by atoms with Crippen molar-refractivity contribution >= 4 is 22.7 Å². The van der Waals surface area contributed by atoms with E-state index in [1.165, 1.54) is 17.5 Å². The maximum atomic E-state index is 12.3. The van der Waals surface area contributed by atoms with Crippen LogP contribution in [-0.2, 0) is 6.18 Å². The molecule has 1 unspecified atom stereocenters. The number of thiazole rings is 1. The van der Waals surface area contributed by atoms with Gasteiger partial charge in [0.25, 0.3) is 0 Å². The Labute approximate surface area is 97.6 Å². The molecule has 2 nitrogen and oxygen atoms in total. The molecule has 16 heavy (non-hydrogen) atoms. The molecule has 2 aromatic rings. The van der Waals surface area contributed by atoms with Gasteiger partial charge in [0.05, 0.1) is 6.04 Å². The van der Waals surface area contributed by atoms with Crippen molar-refractivity contribution in [2.45, 2.75) is 12.2 Å². The lowest BCUT2D eigenvalue weighted by Gasteiger charge is -2.05. The quantitative estimate of drug-likeness (QED) is 0.904. The van der Waals surface area contributed by atoms with E-state index in [9.17, 15) is 13.2 Å². The summed E-state index contributed by atoms with van der Waals surface area (Å²) in [6.45, 7) is 0. The summed E-state index contributed by atoms with van der Waals surface area (Å²) in [6.07, 6.45) is -3.20. The molecule has 0 saturated carbocycles. The van der Waals surface area contributed by atoms with E-state index in [-0.39, 0.29) is 0 Å². The molecular formula is C9H7F3N2S2. The number of halogens is 3. The highest BCUT2D eigenvalue weighted by Crippen LogP contribution is 2.35. The Morgan fingerprint density at radius 1 is 1.31 bits per heavy atom. The summed E-state index contributed by atoms with van der Waals surface area (Å²) < 4.78 is 37.0. The first-order chi connectivity index (χ1) is 7.48. The normalized spacial score (nSPS) is 14.0. The van der Waals surface area contributed by atoms with Gasteiger partial charge >= 0.3 is 6.18 Å².